The highest BCUT2D eigenvalue weighted by Crippen LogP contribution is 2.30. The normalized spacial score (nSPS) is 23.0. The molecule has 2 rings (SSSR count). The molecule has 0 radical (unpaired) electrons. The van der Waals surface area contributed by atoms with E-state index in [0.29, 0.717) is 5.69 Å². The average Bonchev–Trinajstić information content (AvgIpc) is 2.48. The highest BCUT2D eigenvalue weighted by molar-refractivity contribution is 6.02. The summed E-state index contributed by atoms with van der Waals surface area (Å²) in [6.07, 6.45) is -1.19. The summed E-state index contributed by atoms with van der Waals surface area (Å²) in [6, 6.07) is 3.97. The van der Waals surface area contributed by atoms with Gasteiger partial charge in [0.1, 0.15) is 5.60 Å². The maximum absolute atomic E-state index is 11.3. The van der Waals surface area contributed by atoms with E-state index in [0.717, 1.165) is 0 Å². The molecule has 1 aliphatic rings. The molecule has 1 saturated heterocycles. The number of carboxylic acids is 2. The molecular formula is C16H21NO7. The molecule has 8 nitrogen and oxygen atoms in total. The number of benzene rings is 1. The molecule has 1 fully saturated rings. The van der Waals surface area contributed by atoms with Gasteiger partial charge in [-0.2, -0.15) is 0 Å². The van der Waals surface area contributed by atoms with Crippen LogP contribution in [0.5, 0.6) is 0 Å². The van der Waals surface area contributed by atoms with Gasteiger partial charge < -0.3 is 20.3 Å². The minimum atomic E-state index is -1.32. The molecule has 3 N–H and O–H groups in total. The number of anilines is 1. The quantitative estimate of drug-likeness (QED) is 0.701. The standard InChI is InChI=1S/C16H21NO7/c1-8(2)14-22-15(16(3,4)24-23-14)17-9-5-6-10(12(18)19)11(7-9)13(20)21/h5-8,14-15,17H,1-4H3,(H,18,19)(H,20,21). The molecule has 24 heavy (non-hydrogen) atoms. The third-order valence-electron chi connectivity index (χ3n) is 3.58. The first-order valence-corrected chi connectivity index (χ1v) is 7.49. The number of aromatic carboxylic acids is 2. The number of carbonyl (C=O) groups is 2. The van der Waals surface area contributed by atoms with Gasteiger partial charge in [0.15, 0.2) is 12.5 Å². The van der Waals surface area contributed by atoms with Crippen LogP contribution in [0, 0.1) is 5.92 Å². The van der Waals surface area contributed by atoms with Crippen LogP contribution in [0.4, 0.5) is 5.69 Å². The lowest BCUT2D eigenvalue weighted by molar-refractivity contribution is -0.485. The molecule has 132 valence electrons. The van der Waals surface area contributed by atoms with Crippen molar-refractivity contribution >= 4 is 17.6 Å². The first-order valence-electron chi connectivity index (χ1n) is 7.49. The summed E-state index contributed by atoms with van der Waals surface area (Å²) in [7, 11) is 0. The van der Waals surface area contributed by atoms with E-state index in [1.807, 2.05) is 13.8 Å². The molecule has 2 unspecified atom stereocenters. The second-order valence-electron chi connectivity index (χ2n) is 6.43. The van der Waals surface area contributed by atoms with Crippen molar-refractivity contribution in [2.45, 2.75) is 45.8 Å². The van der Waals surface area contributed by atoms with Crippen molar-refractivity contribution in [1.29, 1.82) is 0 Å². The third-order valence-corrected chi connectivity index (χ3v) is 3.58. The zero-order valence-electron chi connectivity index (χ0n) is 13.9. The van der Waals surface area contributed by atoms with Crippen molar-refractivity contribution in [3.8, 4) is 0 Å². The zero-order valence-corrected chi connectivity index (χ0v) is 13.9. The summed E-state index contributed by atoms with van der Waals surface area (Å²) in [5.74, 6) is -2.57. The van der Waals surface area contributed by atoms with Crippen molar-refractivity contribution in [2.24, 2.45) is 5.92 Å². The molecule has 0 aliphatic carbocycles. The van der Waals surface area contributed by atoms with Crippen molar-refractivity contribution in [1.82, 2.24) is 0 Å². The molecular weight excluding hydrogens is 318 g/mol. The molecule has 0 bridgehead atoms. The lowest BCUT2D eigenvalue weighted by Crippen LogP contribution is -2.54. The Hall–Kier alpha value is -2.16. The summed E-state index contributed by atoms with van der Waals surface area (Å²) in [5.41, 5.74) is -1.01. The van der Waals surface area contributed by atoms with Gasteiger partial charge in [0.2, 0.25) is 0 Å². The topological polar surface area (TPSA) is 114 Å². The van der Waals surface area contributed by atoms with E-state index in [4.69, 9.17) is 19.6 Å². The van der Waals surface area contributed by atoms with Crippen LogP contribution in [0.25, 0.3) is 0 Å². The maximum atomic E-state index is 11.3. The molecule has 1 aromatic rings. The Kier molecular flexibility index (Phi) is 5.12. The van der Waals surface area contributed by atoms with E-state index in [1.54, 1.807) is 13.8 Å². The summed E-state index contributed by atoms with van der Waals surface area (Å²) in [6.45, 7) is 7.33. The minimum Gasteiger partial charge on any atom is -0.478 e. The van der Waals surface area contributed by atoms with Crippen molar-refractivity contribution in [2.75, 3.05) is 5.32 Å². The second-order valence-corrected chi connectivity index (χ2v) is 6.43. The van der Waals surface area contributed by atoms with Crippen molar-refractivity contribution < 1.29 is 34.3 Å². The smallest absolute Gasteiger partial charge is 0.336 e. The lowest BCUT2D eigenvalue weighted by Gasteiger charge is -2.42. The van der Waals surface area contributed by atoms with Crippen LogP contribution in [0.15, 0.2) is 18.2 Å². The molecule has 0 saturated carbocycles. The van der Waals surface area contributed by atoms with Gasteiger partial charge in [-0.3, -0.25) is 0 Å². The molecule has 0 amide bonds. The van der Waals surface area contributed by atoms with Gasteiger partial charge in [-0.15, -0.1) is 0 Å². The fourth-order valence-corrected chi connectivity index (χ4v) is 2.16. The zero-order chi connectivity index (χ0) is 18.1. The Morgan fingerprint density at radius 1 is 1.17 bits per heavy atom. The first-order chi connectivity index (χ1) is 11.1. The highest BCUT2D eigenvalue weighted by Gasteiger charge is 2.41. The number of carboxylic acid groups (broad SMARTS) is 2. The molecule has 1 aromatic carbocycles. The third kappa shape index (κ3) is 3.84. The lowest BCUT2D eigenvalue weighted by atomic mass is 10.0. The van der Waals surface area contributed by atoms with Crippen LogP contribution in [0.2, 0.25) is 0 Å². The molecule has 1 aliphatic heterocycles. The van der Waals surface area contributed by atoms with Crippen LogP contribution in [0.1, 0.15) is 48.4 Å². The van der Waals surface area contributed by atoms with Gasteiger partial charge in [0, 0.05) is 11.6 Å². The SMILES string of the molecule is CC(C)C1OOC(C)(C)C(Nc2ccc(C(=O)O)c(C(=O)O)c2)O1. The van der Waals surface area contributed by atoms with Crippen molar-refractivity contribution in [3.05, 3.63) is 29.3 Å². The minimum absolute atomic E-state index is 0.0503. The molecule has 1 heterocycles. The Bertz CT molecular complexity index is 641. The number of rotatable bonds is 5. The average molecular weight is 339 g/mol. The Balaban J connectivity index is 2.27. The van der Waals surface area contributed by atoms with Gasteiger partial charge in [-0.1, -0.05) is 13.8 Å². The van der Waals surface area contributed by atoms with Crippen LogP contribution in [0.3, 0.4) is 0 Å². The predicted molar refractivity (Wildman–Crippen MR) is 83.7 cm³/mol. The number of nitrogens with one attached hydrogen (secondary N) is 1. The summed E-state index contributed by atoms with van der Waals surface area (Å²) in [4.78, 5) is 32.9. The number of ether oxygens (including phenoxy) is 1. The van der Waals surface area contributed by atoms with Crippen LogP contribution >= 0.6 is 0 Å². The van der Waals surface area contributed by atoms with Gasteiger partial charge in [-0.05, 0) is 32.0 Å². The molecule has 2 atom stereocenters. The summed E-state index contributed by atoms with van der Waals surface area (Å²) < 4.78 is 5.82. The summed E-state index contributed by atoms with van der Waals surface area (Å²) in [5, 5.41) is 21.3. The van der Waals surface area contributed by atoms with E-state index in [1.165, 1.54) is 18.2 Å². The van der Waals surface area contributed by atoms with E-state index in [-0.39, 0.29) is 17.0 Å². The largest absolute Gasteiger partial charge is 0.478 e. The van der Waals surface area contributed by atoms with E-state index in [9.17, 15) is 14.7 Å². The summed E-state index contributed by atoms with van der Waals surface area (Å²) >= 11 is 0. The van der Waals surface area contributed by atoms with Crippen LogP contribution < -0.4 is 5.32 Å². The molecule has 0 spiro atoms. The first kappa shape index (κ1) is 18.2. The van der Waals surface area contributed by atoms with Crippen LogP contribution in [-0.2, 0) is 14.5 Å². The maximum Gasteiger partial charge on any atom is 0.336 e. The number of hydrogen-bond donors (Lipinski definition) is 3. The fraction of sp³-hybridized carbons (Fsp3) is 0.500. The van der Waals surface area contributed by atoms with E-state index < -0.39 is 30.1 Å². The van der Waals surface area contributed by atoms with Gasteiger partial charge >= 0.3 is 11.9 Å². The van der Waals surface area contributed by atoms with Gasteiger partial charge in [-0.25, -0.2) is 19.4 Å². The predicted octanol–water partition coefficient (Wildman–Crippen LogP) is 2.56. The van der Waals surface area contributed by atoms with Gasteiger partial charge in [0.05, 0.1) is 11.1 Å². The van der Waals surface area contributed by atoms with E-state index >= 15 is 0 Å². The van der Waals surface area contributed by atoms with E-state index in [2.05, 4.69) is 5.32 Å². The molecule has 8 heteroatoms. The van der Waals surface area contributed by atoms with Gasteiger partial charge in [0.25, 0.3) is 0 Å². The Labute approximate surface area is 139 Å². The highest BCUT2D eigenvalue weighted by atomic mass is 17.2. The Morgan fingerprint density at radius 2 is 1.79 bits per heavy atom. The Morgan fingerprint density at radius 3 is 2.33 bits per heavy atom. The monoisotopic (exact) mass is 339 g/mol. The number of hydrogen-bond acceptors (Lipinski definition) is 6. The second kappa shape index (κ2) is 6.76. The fourth-order valence-electron chi connectivity index (χ4n) is 2.16. The van der Waals surface area contributed by atoms with Crippen LogP contribution in [-0.4, -0.2) is 40.3 Å². The molecule has 0 aromatic heterocycles. The van der Waals surface area contributed by atoms with Crippen molar-refractivity contribution in [3.63, 3.8) is 0 Å².